The summed E-state index contributed by atoms with van der Waals surface area (Å²) in [7, 11) is 1.64. The van der Waals surface area contributed by atoms with Gasteiger partial charge in [-0.2, -0.15) is 0 Å². The number of nitrogens with one attached hydrogen (secondary N) is 1. The lowest BCUT2D eigenvalue weighted by Gasteiger charge is -2.13. The second-order valence-corrected chi connectivity index (χ2v) is 3.63. The third-order valence-electron chi connectivity index (χ3n) is 2.18. The number of carbonyl (C=O) groups excluding carboxylic acids is 1. The number of nitrogens with two attached hydrogens (primary N) is 1. The van der Waals surface area contributed by atoms with Crippen LogP contribution in [0.15, 0.2) is 18.3 Å². The molecule has 0 saturated carbocycles. The molecule has 1 aromatic rings. The molecule has 0 saturated heterocycles. The maximum atomic E-state index is 11.7. The van der Waals surface area contributed by atoms with Gasteiger partial charge in [-0.05, 0) is 25.5 Å². The minimum absolute atomic E-state index is 0.0711. The Morgan fingerprint density at radius 3 is 3.06 bits per heavy atom. The summed E-state index contributed by atoms with van der Waals surface area (Å²) in [5.74, 6) is 0.204. The molecule has 1 heterocycles. The Kier molecular flexibility index (Phi) is 4.72. The predicted octanol–water partition coefficient (Wildman–Crippen LogP) is 0.819. The van der Waals surface area contributed by atoms with Crippen molar-refractivity contribution in [2.24, 2.45) is 0 Å². The van der Waals surface area contributed by atoms with Gasteiger partial charge in [0.2, 0.25) is 0 Å². The summed E-state index contributed by atoms with van der Waals surface area (Å²) in [5, 5.41) is 2.86. The first-order valence-corrected chi connectivity index (χ1v) is 5.15. The van der Waals surface area contributed by atoms with E-state index in [4.69, 9.17) is 10.5 Å². The lowest BCUT2D eigenvalue weighted by Crippen LogP contribution is -2.33. The number of aromatic nitrogens is 1. The Morgan fingerprint density at radius 1 is 1.69 bits per heavy atom. The van der Waals surface area contributed by atoms with E-state index < -0.39 is 0 Å². The van der Waals surface area contributed by atoms with Crippen molar-refractivity contribution in [3.05, 3.63) is 23.9 Å². The van der Waals surface area contributed by atoms with E-state index in [1.165, 1.54) is 6.20 Å². The number of hydrogen-bond acceptors (Lipinski definition) is 4. The van der Waals surface area contributed by atoms with Crippen LogP contribution in [0, 0.1) is 0 Å². The fourth-order valence-corrected chi connectivity index (χ4v) is 1.26. The van der Waals surface area contributed by atoms with Crippen LogP contribution in [0.1, 0.15) is 23.7 Å². The first-order valence-electron chi connectivity index (χ1n) is 5.15. The second-order valence-electron chi connectivity index (χ2n) is 3.63. The van der Waals surface area contributed by atoms with Crippen molar-refractivity contribution in [2.75, 3.05) is 19.5 Å². The van der Waals surface area contributed by atoms with E-state index in [1.54, 1.807) is 19.2 Å². The Balaban J connectivity index is 2.52. The maximum Gasteiger partial charge on any atom is 0.251 e. The molecule has 5 heteroatoms. The molecule has 1 amide bonds. The number of amides is 1. The van der Waals surface area contributed by atoms with Crippen molar-refractivity contribution in [1.82, 2.24) is 10.3 Å². The molecule has 5 nitrogen and oxygen atoms in total. The number of anilines is 1. The largest absolute Gasteiger partial charge is 0.385 e. The smallest absolute Gasteiger partial charge is 0.251 e. The zero-order valence-corrected chi connectivity index (χ0v) is 9.56. The van der Waals surface area contributed by atoms with Crippen LogP contribution >= 0.6 is 0 Å². The Labute approximate surface area is 95.0 Å². The number of nitrogen functional groups attached to an aromatic ring is 1. The van der Waals surface area contributed by atoms with Gasteiger partial charge in [0.25, 0.3) is 5.91 Å². The number of nitrogens with zero attached hydrogens (tertiary/aromatic N) is 1. The van der Waals surface area contributed by atoms with Gasteiger partial charge >= 0.3 is 0 Å². The van der Waals surface area contributed by atoms with Gasteiger partial charge < -0.3 is 15.8 Å². The molecule has 0 aliphatic heterocycles. The van der Waals surface area contributed by atoms with E-state index in [2.05, 4.69) is 10.3 Å². The molecule has 0 aromatic carbocycles. The number of hydrogen-bond donors (Lipinski definition) is 2. The minimum Gasteiger partial charge on any atom is -0.385 e. The Hall–Kier alpha value is -1.62. The Morgan fingerprint density at radius 2 is 2.44 bits per heavy atom. The van der Waals surface area contributed by atoms with E-state index in [0.29, 0.717) is 18.0 Å². The molecule has 0 aliphatic carbocycles. The molecule has 16 heavy (non-hydrogen) atoms. The van der Waals surface area contributed by atoms with Gasteiger partial charge in [0, 0.05) is 31.5 Å². The maximum absolute atomic E-state index is 11.7. The zero-order chi connectivity index (χ0) is 12.0. The van der Waals surface area contributed by atoms with Gasteiger partial charge in [0.15, 0.2) is 0 Å². The summed E-state index contributed by atoms with van der Waals surface area (Å²) < 4.78 is 4.94. The molecule has 0 aliphatic rings. The van der Waals surface area contributed by atoms with Crippen molar-refractivity contribution < 1.29 is 9.53 Å². The van der Waals surface area contributed by atoms with E-state index >= 15 is 0 Å². The highest BCUT2D eigenvalue weighted by Crippen LogP contribution is 2.03. The van der Waals surface area contributed by atoms with Crippen LogP contribution in [0.25, 0.3) is 0 Å². The highest BCUT2D eigenvalue weighted by Gasteiger charge is 2.09. The van der Waals surface area contributed by atoms with E-state index in [-0.39, 0.29) is 11.9 Å². The van der Waals surface area contributed by atoms with Gasteiger partial charge in [0.1, 0.15) is 5.82 Å². The van der Waals surface area contributed by atoms with Gasteiger partial charge in [-0.15, -0.1) is 0 Å². The average molecular weight is 223 g/mol. The van der Waals surface area contributed by atoms with Crippen LogP contribution in [0.2, 0.25) is 0 Å². The Bertz CT molecular complexity index is 355. The third-order valence-corrected chi connectivity index (χ3v) is 2.18. The van der Waals surface area contributed by atoms with Crippen LogP contribution in [-0.4, -0.2) is 30.6 Å². The van der Waals surface area contributed by atoms with Gasteiger partial charge in [-0.3, -0.25) is 4.79 Å². The van der Waals surface area contributed by atoms with Crippen molar-refractivity contribution in [3.63, 3.8) is 0 Å². The third kappa shape index (κ3) is 3.86. The summed E-state index contributed by atoms with van der Waals surface area (Å²) in [6.07, 6.45) is 2.30. The molecule has 1 rings (SSSR count). The minimum atomic E-state index is -0.141. The van der Waals surface area contributed by atoms with E-state index in [0.717, 1.165) is 6.42 Å². The van der Waals surface area contributed by atoms with Crippen LogP contribution in [-0.2, 0) is 4.74 Å². The van der Waals surface area contributed by atoms with Crippen molar-refractivity contribution >= 4 is 11.7 Å². The molecule has 0 spiro atoms. The number of rotatable bonds is 5. The zero-order valence-electron chi connectivity index (χ0n) is 9.56. The normalized spacial score (nSPS) is 12.1. The first-order chi connectivity index (χ1) is 7.63. The molecular weight excluding hydrogens is 206 g/mol. The molecule has 1 atom stereocenters. The number of ether oxygens (including phenoxy) is 1. The topological polar surface area (TPSA) is 77.2 Å². The standard InChI is InChI=1S/C11H17N3O2/c1-8(4-6-16-2)14-11(15)9-3-5-13-10(12)7-9/h3,5,7-8H,4,6H2,1-2H3,(H2,12,13)(H,14,15). The van der Waals surface area contributed by atoms with E-state index in [9.17, 15) is 4.79 Å². The summed E-state index contributed by atoms with van der Waals surface area (Å²) >= 11 is 0. The predicted molar refractivity (Wildman–Crippen MR) is 62.1 cm³/mol. The lowest BCUT2D eigenvalue weighted by atomic mass is 10.2. The summed E-state index contributed by atoms with van der Waals surface area (Å²) in [6, 6.07) is 3.26. The second kappa shape index (κ2) is 6.07. The van der Waals surface area contributed by atoms with Crippen LogP contribution in [0.4, 0.5) is 5.82 Å². The van der Waals surface area contributed by atoms with Crippen molar-refractivity contribution in [2.45, 2.75) is 19.4 Å². The molecule has 0 bridgehead atoms. The molecular formula is C11H17N3O2. The van der Waals surface area contributed by atoms with Crippen LogP contribution in [0.5, 0.6) is 0 Å². The van der Waals surface area contributed by atoms with Gasteiger partial charge in [-0.1, -0.05) is 0 Å². The number of methoxy groups -OCH3 is 1. The average Bonchev–Trinajstić information content (AvgIpc) is 2.26. The molecule has 0 radical (unpaired) electrons. The van der Waals surface area contributed by atoms with E-state index in [1.807, 2.05) is 6.92 Å². The van der Waals surface area contributed by atoms with Crippen LogP contribution < -0.4 is 11.1 Å². The molecule has 1 unspecified atom stereocenters. The monoisotopic (exact) mass is 223 g/mol. The summed E-state index contributed by atoms with van der Waals surface area (Å²) in [4.78, 5) is 15.6. The first kappa shape index (κ1) is 12.4. The quantitative estimate of drug-likeness (QED) is 0.774. The van der Waals surface area contributed by atoms with Gasteiger partial charge in [0.05, 0.1) is 0 Å². The number of pyridine rings is 1. The number of carbonyl (C=O) groups is 1. The summed E-state index contributed by atoms with van der Waals surface area (Å²) in [5.41, 5.74) is 6.02. The fraction of sp³-hybridized carbons (Fsp3) is 0.455. The lowest BCUT2D eigenvalue weighted by molar-refractivity contribution is 0.0929. The molecule has 1 aromatic heterocycles. The molecule has 3 N–H and O–H groups in total. The van der Waals surface area contributed by atoms with Crippen molar-refractivity contribution in [3.8, 4) is 0 Å². The fourth-order valence-electron chi connectivity index (χ4n) is 1.26. The SMILES string of the molecule is COCCC(C)NC(=O)c1ccnc(N)c1. The molecule has 0 fully saturated rings. The summed E-state index contributed by atoms with van der Waals surface area (Å²) in [6.45, 7) is 2.56. The highest BCUT2D eigenvalue weighted by molar-refractivity contribution is 5.94. The molecule has 88 valence electrons. The van der Waals surface area contributed by atoms with Gasteiger partial charge in [-0.25, -0.2) is 4.98 Å². The van der Waals surface area contributed by atoms with Crippen LogP contribution in [0.3, 0.4) is 0 Å². The highest BCUT2D eigenvalue weighted by atomic mass is 16.5. The van der Waals surface area contributed by atoms with Crippen molar-refractivity contribution in [1.29, 1.82) is 0 Å².